The van der Waals surface area contributed by atoms with Crippen molar-refractivity contribution in [1.29, 1.82) is 0 Å². The van der Waals surface area contributed by atoms with E-state index in [-0.39, 0.29) is 11.9 Å². The fraction of sp³-hybridized carbons (Fsp3) is 0.909. The first-order valence-corrected chi connectivity index (χ1v) is 5.87. The number of rotatable bonds is 2. The lowest BCUT2D eigenvalue weighted by Crippen LogP contribution is -2.40. The summed E-state index contributed by atoms with van der Waals surface area (Å²) in [7, 11) is 2.17. The zero-order valence-corrected chi connectivity index (χ0v) is 9.70. The number of likely N-dealkylation sites (tertiary alicyclic amines) is 1. The van der Waals surface area contributed by atoms with Crippen LogP contribution in [0.3, 0.4) is 0 Å². The topological polar surface area (TPSA) is 35.6 Å². The van der Waals surface area contributed by atoms with Crippen LogP contribution in [0.2, 0.25) is 0 Å². The van der Waals surface area contributed by atoms with Gasteiger partial charge in [0.25, 0.3) is 0 Å². The average Bonchev–Trinajstić information content (AvgIpc) is 2.50. The molecule has 2 saturated heterocycles. The second-order valence-electron chi connectivity index (χ2n) is 4.92. The summed E-state index contributed by atoms with van der Waals surface area (Å²) in [6, 6.07) is 0.0197. The van der Waals surface area contributed by atoms with Gasteiger partial charge in [0.15, 0.2) is 0 Å². The predicted octanol–water partition coefficient (Wildman–Crippen LogP) is 0.106. The van der Waals surface area contributed by atoms with Crippen molar-refractivity contribution in [2.75, 3.05) is 33.4 Å². The van der Waals surface area contributed by atoms with Crippen LogP contribution in [0.25, 0.3) is 0 Å². The van der Waals surface area contributed by atoms with Crippen LogP contribution in [0, 0.1) is 5.92 Å². The van der Waals surface area contributed by atoms with Crippen LogP contribution in [0.4, 0.5) is 0 Å². The monoisotopic (exact) mass is 211 g/mol. The fourth-order valence-electron chi connectivity index (χ4n) is 2.57. The molecule has 4 heteroatoms. The van der Waals surface area contributed by atoms with E-state index in [0.29, 0.717) is 5.92 Å². The highest BCUT2D eigenvalue weighted by atomic mass is 16.2. The van der Waals surface area contributed by atoms with Crippen molar-refractivity contribution in [3.8, 4) is 0 Å². The Bertz CT molecular complexity index is 244. The molecule has 2 atom stereocenters. The highest BCUT2D eigenvalue weighted by molar-refractivity contribution is 5.83. The van der Waals surface area contributed by atoms with Gasteiger partial charge in [0.05, 0.1) is 12.7 Å². The van der Waals surface area contributed by atoms with E-state index in [1.54, 1.807) is 0 Å². The van der Waals surface area contributed by atoms with Crippen LogP contribution < -0.4 is 5.32 Å². The summed E-state index contributed by atoms with van der Waals surface area (Å²) in [4.78, 5) is 16.0. The smallest absolute Gasteiger partial charge is 0.240 e. The van der Waals surface area contributed by atoms with E-state index in [0.717, 1.165) is 19.8 Å². The first-order valence-electron chi connectivity index (χ1n) is 5.87. The molecule has 0 aromatic rings. The summed E-state index contributed by atoms with van der Waals surface area (Å²) >= 11 is 0. The van der Waals surface area contributed by atoms with Crippen molar-refractivity contribution >= 4 is 5.91 Å². The maximum absolute atomic E-state index is 11.7. The molecule has 2 heterocycles. The molecule has 4 nitrogen and oxygen atoms in total. The third kappa shape index (κ3) is 2.49. The SMILES string of the molecule is CC1NCN(CC2CCCN(C)C2)C1=O. The minimum Gasteiger partial charge on any atom is -0.328 e. The molecule has 2 fully saturated rings. The van der Waals surface area contributed by atoms with E-state index in [9.17, 15) is 4.79 Å². The summed E-state index contributed by atoms with van der Waals surface area (Å²) in [5, 5.41) is 3.18. The lowest BCUT2D eigenvalue weighted by Gasteiger charge is -2.32. The van der Waals surface area contributed by atoms with E-state index in [1.807, 2.05) is 11.8 Å². The number of carbonyl (C=O) groups is 1. The number of hydrogen-bond acceptors (Lipinski definition) is 3. The number of nitrogens with one attached hydrogen (secondary N) is 1. The minimum absolute atomic E-state index is 0.0197. The Labute approximate surface area is 91.6 Å². The molecule has 0 spiro atoms. The van der Waals surface area contributed by atoms with Gasteiger partial charge in [-0.05, 0) is 39.3 Å². The van der Waals surface area contributed by atoms with Gasteiger partial charge in [0.2, 0.25) is 5.91 Å². The quantitative estimate of drug-likeness (QED) is 0.704. The molecular weight excluding hydrogens is 190 g/mol. The Morgan fingerprint density at radius 1 is 1.53 bits per heavy atom. The Morgan fingerprint density at radius 3 is 2.93 bits per heavy atom. The van der Waals surface area contributed by atoms with Gasteiger partial charge >= 0.3 is 0 Å². The molecule has 0 aromatic carbocycles. The predicted molar refractivity (Wildman–Crippen MR) is 59.4 cm³/mol. The molecule has 0 saturated carbocycles. The molecule has 0 radical (unpaired) electrons. The van der Waals surface area contributed by atoms with E-state index < -0.39 is 0 Å². The maximum Gasteiger partial charge on any atom is 0.240 e. The highest BCUT2D eigenvalue weighted by Crippen LogP contribution is 2.17. The number of hydrogen-bond donors (Lipinski definition) is 1. The van der Waals surface area contributed by atoms with Crippen molar-refractivity contribution in [3.63, 3.8) is 0 Å². The Balaban J connectivity index is 1.83. The zero-order chi connectivity index (χ0) is 10.8. The van der Waals surface area contributed by atoms with Gasteiger partial charge in [0, 0.05) is 13.1 Å². The standard InChI is InChI=1S/C11H21N3O/c1-9-11(15)14(8-12-9)7-10-4-3-5-13(2)6-10/h9-10,12H,3-8H2,1-2H3. The van der Waals surface area contributed by atoms with Crippen LogP contribution in [0.5, 0.6) is 0 Å². The van der Waals surface area contributed by atoms with Crippen LogP contribution in [-0.4, -0.2) is 55.1 Å². The van der Waals surface area contributed by atoms with E-state index in [1.165, 1.54) is 19.4 Å². The summed E-state index contributed by atoms with van der Waals surface area (Å²) in [5.74, 6) is 0.933. The molecule has 2 unspecified atom stereocenters. The van der Waals surface area contributed by atoms with E-state index in [4.69, 9.17) is 0 Å². The molecule has 15 heavy (non-hydrogen) atoms. The molecular formula is C11H21N3O. The maximum atomic E-state index is 11.7. The van der Waals surface area contributed by atoms with Crippen molar-refractivity contribution in [2.24, 2.45) is 5.92 Å². The third-order valence-corrected chi connectivity index (χ3v) is 3.47. The molecule has 2 aliphatic rings. The van der Waals surface area contributed by atoms with Gasteiger partial charge < -0.3 is 9.80 Å². The Hall–Kier alpha value is -0.610. The van der Waals surface area contributed by atoms with Gasteiger partial charge in [-0.15, -0.1) is 0 Å². The lowest BCUT2D eigenvalue weighted by atomic mass is 9.98. The number of amides is 1. The summed E-state index contributed by atoms with van der Waals surface area (Å²) in [5.41, 5.74) is 0. The number of piperidine rings is 1. The molecule has 2 rings (SSSR count). The second kappa shape index (κ2) is 4.49. The summed E-state index contributed by atoms with van der Waals surface area (Å²) in [6.45, 7) is 5.95. The number of carbonyl (C=O) groups excluding carboxylic acids is 1. The molecule has 0 bridgehead atoms. The first kappa shape index (κ1) is 10.9. The van der Waals surface area contributed by atoms with Crippen molar-refractivity contribution in [1.82, 2.24) is 15.1 Å². The first-order chi connectivity index (χ1) is 7.16. The fourth-order valence-corrected chi connectivity index (χ4v) is 2.57. The minimum atomic E-state index is 0.0197. The van der Waals surface area contributed by atoms with E-state index >= 15 is 0 Å². The normalized spacial score (nSPS) is 33.7. The zero-order valence-electron chi connectivity index (χ0n) is 9.70. The number of nitrogens with zero attached hydrogens (tertiary/aromatic N) is 2. The molecule has 0 aromatic heterocycles. The van der Waals surface area contributed by atoms with Gasteiger partial charge in [-0.1, -0.05) is 0 Å². The van der Waals surface area contributed by atoms with Crippen molar-refractivity contribution in [2.45, 2.75) is 25.8 Å². The van der Waals surface area contributed by atoms with Crippen molar-refractivity contribution < 1.29 is 4.79 Å². The third-order valence-electron chi connectivity index (χ3n) is 3.47. The van der Waals surface area contributed by atoms with Gasteiger partial charge in [-0.2, -0.15) is 0 Å². The van der Waals surface area contributed by atoms with Crippen molar-refractivity contribution in [3.05, 3.63) is 0 Å². The van der Waals surface area contributed by atoms with Crippen LogP contribution in [0.15, 0.2) is 0 Å². The van der Waals surface area contributed by atoms with E-state index in [2.05, 4.69) is 17.3 Å². The van der Waals surface area contributed by atoms with Crippen LogP contribution in [0.1, 0.15) is 19.8 Å². The van der Waals surface area contributed by atoms with Gasteiger partial charge in [-0.25, -0.2) is 0 Å². The lowest BCUT2D eigenvalue weighted by molar-refractivity contribution is -0.129. The molecule has 1 N–H and O–H groups in total. The molecule has 86 valence electrons. The molecule has 1 amide bonds. The van der Waals surface area contributed by atoms with Gasteiger partial charge in [0.1, 0.15) is 0 Å². The largest absolute Gasteiger partial charge is 0.328 e. The van der Waals surface area contributed by atoms with Crippen LogP contribution in [-0.2, 0) is 4.79 Å². The molecule has 2 aliphatic heterocycles. The van der Waals surface area contributed by atoms with Crippen LogP contribution >= 0.6 is 0 Å². The summed E-state index contributed by atoms with van der Waals surface area (Å²) < 4.78 is 0. The van der Waals surface area contributed by atoms with Gasteiger partial charge in [-0.3, -0.25) is 10.1 Å². The second-order valence-corrected chi connectivity index (χ2v) is 4.92. The Kier molecular flexibility index (Phi) is 3.26. The molecule has 0 aliphatic carbocycles. The summed E-state index contributed by atoms with van der Waals surface area (Å²) in [6.07, 6.45) is 2.54. The highest BCUT2D eigenvalue weighted by Gasteiger charge is 2.29. The Morgan fingerprint density at radius 2 is 2.33 bits per heavy atom. The average molecular weight is 211 g/mol.